The second kappa shape index (κ2) is 7.98. The van der Waals surface area contributed by atoms with Crippen molar-refractivity contribution in [2.45, 2.75) is 25.4 Å². The predicted molar refractivity (Wildman–Crippen MR) is 109 cm³/mol. The van der Waals surface area contributed by atoms with E-state index in [2.05, 4.69) is 5.10 Å². The summed E-state index contributed by atoms with van der Waals surface area (Å²) in [6.45, 7) is 2.03. The molecule has 0 aliphatic carbocycles. The fraction of sp³-hybridized carbons (Fsp3) is 0.273. The number of carbonyl (C=O) groups is 3. The molecule has 4 rings (SSSR count). The Hall–Kier alpha value is -3.68. The number of ether oxygens (including phenoxy) is 2. The Balaban J connectivity index is 1.67. The molecule has 2 aliphatic rings. The maximum atomic E-state index is 13.5. The summed E-state index contributed by atoms with van der Waals surface area (Å²) in [5, 5.41) is 5.81. The third kappa shape index (κ3) is 3.52. The standard InChI is InChI=1S/C22H21N3O5/c1-14-8-10-16(11-9-14)25-18(12-17(23-25)21(27)29-2)20(26)24-19(13-30-22(24)28)15-6-4-3-5-7-15/h3-11,18-19H,12-13H2,1-2H3/t18-,19+/m0/s1. The normalized spacial score (nSPS) is 20.7. The molecule has 30 heavy (non-hydrogen) atoms. The number of esters is 1. The van der Waals surface area contributed by atoms with Crippen molar-refractivity contribution in [3.8, 4) is 0 Å². The molecule has 8 nitrogen and oxygen atoms in total. The molecular formula is C22H21N3O5. The van der Waals surface area contributed by atoms with Gasteiger partial charge in [0.05, 0.1) is 12.8 Å². The van der Waals surface area contributed by atoms with E-state index in [0.29, 0.717) is 5.69 Å². The van der Waals surface area contributed by atoms with Gasteiger partial charge in [0.1, 0.15) is 24.4 Å². The van der Waals surface area contributed by atoms with Crippen molar-refractivity contribution in [3.05, 3.63) is 65.7 Å². The quantitative estimate of drug-likeness (QED) is 0.724. The first kappa shape index (κ1) is 19.6. The van der Waals surface area contributed by atoms with Crippen molar-refractivity contribution in [1.29, 1.82) is 0 Å². The van der Waals surface area contributed by atoms with Gasteiger partial charge >= 0.3 is 12.1 Å². The van der Waals surface area contributed by atoms with E-state index < -0.39 is 30.1 Å². The van der Waals surface area contributed by atoms with Crippen LogP contribution in [0.25, 0.3) is 0 Å². The number of hydrazone groups is 1. The van der Waals surface area contributed by atoms with Gasteiger partial charge in [-0.05, 0) is 24.6 Å². The summed E-state index contributed by atoms with van der Waals surface area (Å²) in [6.07, 6.45) is -0.672. The van der Waals surface area contributed by atoms with Gasteiger partial charge in [-0.3, -0.25) is 9.80 Å². The number of hydrogen-bond acceptors (Lipinski definition) is 7. The average Bonchev–Trinajstić information content (AvgIpc) is 3.38. The first-order chi connectivity index (χ1) is 14.5. The summed E-state index contributed by atoms with van der Waals surface area (Å²) < 4.78 is 9.97. The number of aryl methyl sites for hydroxylation is 1. The lowest BCUT2D eigenvalue weighted by molar-refractivity contribution is -0.132. The largest absolute Gasteiger partial charge is 0.464 e. The van der Waals surface area contributed by atoms with Gasteiger partial charge in [-0.1, -0.05) is 48.0 Å². The number of methoxy groups -OCH3 is 1. The highest BCUT2D eigenvalue weighted by Gasteiger charge is 2.46. The average molecular weight is 407 g/mol. The molecule has 154 valence electrons. The molecule has 2 aliphatic heterocycles. The molecule has 0 saturated carbocycles. The van der Waals surface area contributed by atoms with Crippen LogP contribution in [0.5, 0.6) is 0 Å². The van der Waals surface area contributed by atoms with Crippen molar-refractivity contribution in [2.75, 3.05) is 18.7 Å². The van der Waals surface area contributed by atoms with Gasteiger partial charge in [-0.25, -0.2) is 14.5 Å². The van der Waals surface area contributed by atoms with E-state index in [1.54, 1.807) is 0 Å². The minimum absolute atomic E-state index is 0.0324. The van der Waals surface area contributed by atoms with E-state index in [1.807, 2.05) is 61.5 Å². The Kier molecular flexibility index (Phi) is 5.22. The molecule has 0 bridgehead atoms. The number of anilines is 1. The maximum absolute atomic E-state index is 13.5. The molecule has 0 spiro atoms. The van der Waals surface area contributed by atoms with Gasteiger partial charge in [-0.15, -0.1) is 0 Å². The Bertz CT molecular complexity index is 1000. The summed E-state index contributed by atoms with van der Waals surface area (Å²) in [7, 11) is 1.26. The molecule has 0 unspecified atom stereocenters. The highest BCUT2D eigenvalue weighted by molar-refractivity contribution is 6.38. The second-order valence-corrected chi connectivity index (χ2v) is 7.15. The van der Waals surface area contributed by atoms with Crippen molar-refractivity contribution in [1.82, 2.24) is 4.90 Å². The fourth-order valence-corrected chi connectivity index (χ4v) is 3.63. The van der Waals surface area contributed by atoms with Crippen LogP contribution in [0.3, 0.4) is 0 Å². The predicted octanol–water partition coefficient (Wildman–Crippen LogP) is 2.82. The molecule has 2 heterocycles. The molecule has 2 amide bonds. The molecule has 2 atom stereocenters. The smallest absolute Gasteiger partial charge is 0.417 e. The monoisotopic (exact) mass is 407 g/mol. The van der Waals surface area contributed by atoms with Gasteiger partial charge < -0.3 is 9.47 Å². The van der Waals surface area contributed by atoms with Crippen LogP contribution in [0.15, 0.2) is 59.7 Å². The van der Waals surface area contributed by atoms with Crippen molar-refractivity contribution in [3.63, 3.8) is 0 Å². The third-order valence-electron chi connectivity index (χ3n) is 5.21. The summed E-state index contributed by atoms with van der Waals surface area (Å²) in [5.41, 5.74) is 2.61. The number of imide groups is 1. The van der Waals surface area contributed by atoms with Gasteiger partial charge in [-0.2, -0.15) is 5.10 Å². The number of rotatable bonds is 4. The molecule has 1 saturated heterocycles. The van der Waals surface area contributed by atoms with E-state index in [9.17, 15) is 14.4 Å². The Morgan fingerprint density at radius 3 is 2.47 bits per heavy atom. The van der Waals surface area contributed by atoms with E-state index in [0.717, 1.165) is 16.0 Å². The fourth-order valence-electron chi connectivity index (χ4n) is 3.63. The van der Waals surface area contributed by atoms with Crippen LogP contribution in [0, 0.1) is 6.92 Å². The van der Waals surface area contributed by atoms with E-state index >= 15 is 0 Å². The molecule has 2 aromatic carbocycles. The van der Waals surface area contributed by atoms with Crippen LogP contribution >= 0.6 is 0 Å². The lowest BCUT2D eigenvalue weighted by atomic mass is 10.0. The zero-order valence-corrected chi connectivity index (χ0v) is 16.6. The lowest BCUT2D eigenvalue weighted by Crippen LogP contribution is -2.46. The zero-order chi connectivity index (χ0) is 21.3. The van der Waals surface area contributed by atoms with Crippen LogP contribution in [0.2, 0.25) is 0 Å². The molecule has 0 aromatic heterocycles. The van der Waals surface area contributed by atoms with Crippen LogP contribution in [-0.4, -0.2) is 48.3 Å². The summed E-state index contributed by atoms with van der Waals surface area (Å²) in [4.78, 5) is 39.2. The van der Waals surface area contributed by atoms with Crippen molar-refractivity contribution >= 4 is 29.4 Å². The summed E-state index contributed by atoms with van der Waals surface area (Å²) >= 11 is 0. The SMILES string of the molecule is COC(=O)C1=NN(c2ccc(C)cc2)[C@H](C(=O)N2C(=O)OC[C@@H]2c2ccccc2)C1. The number of nitrogens with zero attached hydrogens (tertiary/aromatic N) is 3. The van der Waals surface area contributed by atoms with E-state index in [1.165, 1.54) is 12.1 Å². The van der Waals surface area contributed by atoms with Gasteiger partial charge in [0.2, 0.25) is 0 Å². The molecule has 8 heteroatoms. The molecule has 2 aromatic rings. The van der Waals surface area contributed by atoms with E-state index in [-0.39, 0.29) is 18.7 Å². The van der Waals surface area contributed by atoms with Crippen LogP contribution in [-0.2, 0) is 19.1 Å². The summed E-state index contributed by atoms with van der Waals surface area (Å²) in [5.74, 6) is -1.08. The Labute approximate surface area is 173 Å². The van der Waals surface area contributed by atoms with Crippen LogP contribution in [0.4, 0.5) is 10.5 Å². The third-order valence-corrected chi connectivity index (χ3v) is 5.21. The first-order valence-electron chi connectivity index (χ1n) is 9.56. The van der Waals surface area contributed by atoms with Crippen LogP contribution in [0.1, 0.15) is 23.6 Å². The maximum Gasteiger partial charge on any atom is 0.417 e. The van der Waals surface area contributed by atoms with Crippen molar-refractivity contribution in [2.24, 2.45) is 5.10 Å². The van der Waals surface area contributed by atoms with E-state index in [4.69, 9.17) is 9.47 Å². The number of carbonyl (C=O) groups excluding carboxylic acids is 3. The zero-order valence-electron chi connectivity index (χ0n) is 16.6. The van der Waals surface area contributed by atoms with Gasteiger partial charge in [0.25, 0.3) is 5.91 Å². The Morgan fingerprint density at radius 2 is 1.80 bits per heavy atom. The van der Waals surface area contributed by atoms with Gasteiger partial charge in [0.15, 0.2) is 0 Å². The number of amides is 2. The first-order valence-corrected chi connectivity index (χ1v) is 9.56. The Morgan fingerprint density at radius 1 is 1.10 bits per heavy atom. The number of benzene rings is 2. The molecular weight excluding hydrogens is 386 g/mol. The topological polar surface area (TPSA) is 88.5 Å². The number of cyclic esters (lactones) is 1. The summed E-state index contributed by atoms with van der Waals surface area (Å²) in [6, 6.07) is 15.2. The lowest BCUT2D eigenvalue weighted by Gasteiger charge is -2.28. The second-order valence-electron chi connectivity index (χ2n) is 7.15. The minimum atomic E-state index is -0.862. The molecule has 1 fully saturated rings. The highest BCUT2D eigenvalue weighted by atomic mass is 16.6. The van der Waals surface area contributed by atoms with Gasteiger partial charge in [0, 0.05) is 6.42 Å². The van der Waals surface area contributed by atoms with Crippen LogP contribution < -0.4 is 5.01 Å². The molecule has 0 N–H and O–H groups in total. The van der Waals surface area contributed by atoms with Crippen molar-refractivity contribution < 1.29 is 23.9 Å². The minimum Gasteiger partial charge on any atom is -0.464 e. The highest BCUT2D eigenvalue weighted by Crippen LogP contribution is 2.32. The number of hydrogen-bond donors (Lipinski definition) is 0. The molecule has 0 radical (unpaired) electrons.